The lowest BCUT2D eigenvalue weighted by molar-refractivity contribution is 0.881. The van der Waals surface area contributed by atoms with Crippen molar-refractivity contribution in [2.24, 2.45) is 0 Å². The summed E-state index contributed by atoms with van der Waals surface area (Å²) in [6.45, 7) is 7.26. The molecule has 6 heteroatoms. The van der Waals surface area contributed by atoms with E-state index in [0.717, 1.165) is 35.9 Å². The first kappa shape index (κ1) is 13.4. The fourth-order valence-corrected chi connectivity index (χ4v) is 3.62. The number of aromatic nitrogens is 3. The van der Waals surface area contributed by atoms with E-state index in [2.05, 4.69) is 41.3 Å². The number of thiazole rings is 1. The van der Waals surface area contributed by atoms with Crippen LogP contribution in [0, 0.1) is 0 Å². The molecule has 0 saturated heterocycles. The summed E-state index contributed by atoms with van der Waals surface area (Å²) in [5.74, 6) is 0. The van der Waals surface area contributed by atoms with Crippen molar-refractivity contribution >= 4 is 27.8 Å². The molecular weight excluding hydrogens is 264 g/mol. The molecule has 0 aliphatic rings. The Bertz CT molecular complexity index is 504. The van der Waals surface area contributed by atoms with Gasteiger partial charge in [0, 0.05) is 6.54 Å². The topological polar surface area (TPSA) is 50.7 Å². The molecule has 1 N–H and O–H groups in total. The maximum Gasteiger partial charge on any atom is 0.206 e. The third kappa shape index (κ3) is 2.87. The van der Waals surface area contributed by atoms with Crippen molar-refractivity contribution in [3.63, 3.8) is 0 Å². The minimum Gasteiger partial charge on any atom is -0.360 e. The highest BCUT2D eigenvalue weighted by atomic mass is 32.1. The largest absolute Gasteiger partial charge is 0.360 e. The van der Waals surface area contributed by atoms with E-state index in [4.69, 9.17) is 0 Å². The first-order valence-electron chi connectivity index (χ1n) is 6.34. The Kier molecular flexibility index (Phi) is 4.66. The van der Waals surface area contributed by atoms with Crippen LogP contribution in [0.15, 0.2) is 0 Å². The number of rotatable bonds is 6. The van der Waals surface area contributed by atoms with Gasteiger partial charge in [0.05, 0.1) is 15.6 Å². The van der Waals surface area contributed by atoms with Crippen LogP contribution in [0.4, 0.5) is 5.13 Å². The van der Waals surface area contributed by atoms with E-state index in [0.29, 0.717) is 0 Å². The van der Waals surface area contributed by atoms with Crippen molar-refractivity contribution in [3.05, 3.63) is 10.7 Å². The van der Waals surface area contributed by atoms with Crippen LogP contribution in [-0.2, 0) is 12.8 Å². The average molecular weight is 282 g/mol. The van der Waals surface area contributed by atoms with Gasteiger partial charge in [0.2, 0.25) is 5.13 Å². The molecule has 0 spiro atoms. The Labute approximate surface area is 116 Å². The van der Waals surface area contributed by atoms with Crippen LogP contribution in [0.3, 0.4) is 0 Å². The van der Waals surface area contributed by atoms with Gasteiger partial charge in [-0.1, -0.05) is 31.6 Å². The summed E-state index contributed by atoms with van der Waals surface area (Å²) in [6.07, 6.45) is 3.11. The lowest BCUT2D eigenvalue weighted by atomic mass is 10.2. The zero-order valence-electron chi connectivity index (χ0n) is 11.0. The van der Waals surface area contributed by atoms with Gasteiger partial charge in [0.1, 0.15) is 0 Å². The Morgan fingerprint density at radius 2 is 1.94 bits per heavy atom. The van der Waals surface area contributed by atoms with Crippen molar-refractivity contribution < 1.29 is 0 Å². The van der Waals surface area contributed by atoms with E-state index in [9.17, 15) is 0 Å². The molecule has 98 valence electrons. The number of anilines is 1. The third-order valence-corrected chi connectivity index (χ3v) is 4.75. The van der Waals surface area contributed by atoms with Crippen molar-refractivity contribution in [1.29, 1.82) is 0 Å². The van der Waals surface area contributed by atoms with Crippen molar-refractivity contribution in [2.75, 3.05) is 11.9 Å². The predicted octanol–water partition coefficient (Wildman–Crippen LogP) is 3.61. The Hall–Kier alpha value is -1.01. The fourth-order valence-electron chi connectivity index (χ4n) is 1.66. The Morgan fingerprint density at radius 3 is 2.61 bits per heavy atom. The smallest absolute Gasteiger partial charge is 0.206 e. The molecule has 18 heavy (non-hydrogen) atoms. The minimum absolute atomic E-state index is 0.874. The first-order valence-corrected chi connectivity index (χ1v) is 7.98. The number of hydrogen-bond donors (Lipinski definition) is 1. The van der Waals surface area contributed by atoms with E-state index >= 15 is 0 Å². The molecule has 0 aromatic carbocycles. The molecular formula is C12H18N4S2. The van der Waals surface area contributed by atoms with Crippen LogP contribution < -0.4 is 5.32 Å². The average Bonchev–Trinajstić information content (AvgIpc) is 2.96. The molecule has 2 aromatic heterocycles. The summed E-state index contributed by atoms with van der Waals surface area (Å²) in [5.41, 5.74) is 1.18. The van der Waals surface area contributed by atoms with Crippen LogP contribution in [0.1, 0.15) is 37.9 Å². The second-order valence-electron chi connectivity index (χ2n) is 3.93. The summed E-state index contributed by atoms with van der Waals surface area (Å²) in [5, 5.41) is 14.7. The highest BCUT2D eigenvalue weighted by molar-refractivity contribution is 7.23. The monoisotopic (exact) mass is 282 g/mol. The highest BCUT2D eigenvalue weighted by Crippen LogP contribution is 2.34. The molecule has 0 radical (unpaired) electrons. The van der Waals surface area contributed by atoms with Gasteiger partial charge < -0.3 is 5.32 Å². The van der Waals surface area contributed by atoms with E-state index in [1.807, 2.05) is 0 Å². The second-order valence-corrected chi connectivity index (χ2v) is 5.99. The quantitative estimate of drug-likeness (QED) is 0.879. The van der Waals surface area contributed by atoms with Gasteiger partial charge in [-0.05, 0) is 19.8 Å². The normalized spacial score (nSPS) is 10.8. The van der Waals surface area contributed by atoms with E-state index in [-0.39, 0.29) is 0 Å². The lowest BCUT2D eigenvalue weighted by Crippen LogP contribution is -1.94. The van der Waals surface area contributed by atoms with Gasteiger partial charge in [-0.3, -0.25) is 0 Å². The molecule has 0 aliphatic heterocycles. The maximum absolute atomic E-state index is 4.69. The first-order chi connectivity index (χ1) is 8.78. The van der Waals surface area contributed by atoms with Gasteiger partial charge in [0.25, 0.3) is 0 Å². The lowest BCUT2D eigenvalue weighted by Gasteiger charge is -1.95. The summed E-state index contributed by atoms with van der Waals surface area (Å²) in [7, 11) is 0. The summed E-state index contributed by atoms with van der Waals surface area (Å²) < 4.78 is 0. The summed E-state index contributed by atoms with van der Waals surface area (Å²) in [4.78, 5) is 5.89. The third-order valence-electron chi connectivity index (χ3n) is 2.48. The molecule has 4 nitrogen and oxygen atoms in total. The molecule has 2 aromatic rings. The molecule has 0 unspecified atom stereocenters. The molecule has 0 atom stereocenters. The van der Waals surface area contributed by atoms with Gasteiger partial charge in [-0.25, -0.2) is 4.98 Å². The molecule has 0 fully saturated rings. The summed E-state index contributed by atoms with van der Waals surface area (Å²) >= 11 is 3.36. The highest BCUT2D eigenvalue weighted by Gasteiger charge is 2.15. The standard InChI is InChI=1S/C12H18N4S2/c1-4-7-8-10(17-9(5-2)14-8)11-15-16-12(18-11)13-6-3/h4-7H2,1-3H3,(H,13,16). The number of aryl methyl sites for hydroxylation is 2. The van der Waals surface area contributed by atoms with Crippen molar-refractivity contribution in [1.82, 2.24) is 15.2 Å². The summed E-state index contributed by atoms with van der Waals surface area (Å²) in [6, 6.07) is 0. The zero-order chi connectivity index (χ0) is 13.0. The van der Waals surface area contributed by atoms with Crippen LogP contribution in [0.5, 0.6) is 0 Å². The number of hydrogen-bond acceptors (Lipinski definition) is 6. The zero-order valence-corrected chi connectivity index (χ0v) is 12.6. The second kappa shape index (κ2) is 6.24. The Balaban J connectivity index is 2.31. The van der Waals surface area contributed by atoms with E-state index in [1.165, 1.54) is 15.6 Å². The molecule has 0 saturated carbocycles. The number of nitrogens with zero attached hydrogens (tertiary/aromatic N) is 3. The van der Waals surface area contributed by atoms with Gasteiger partial charge in [-0.15, -0.1) is 21.5 Å². The van der Waals surface area contributed by atoms with E-state index < -0.39 is 0 Å². The molecule has 2 rings (SSSR count). The molecule has 0 amide bonds. The van der Waals surface area contributed by atoms with Crippen LogP contribution in [0.25, 0.3) is 9.88 Å². The SMILES string of the molecule is CCCc1nc(CC)sc1-c1nnc(NCC)s1. The van der Waals surface area contributed by atoms with Crippen LogP contribution in [0.2, 0.25) is 0 Å². The van der Waals surface area contributed by atoms with Crippen LogP contribution in [-0.4, -0.2) is 21.7 Å². The Morgan fingerprint density at radius 1 is 1.11 bits per heavy atom. The van der Waals surface area contributed by atoms with Crippen molar-refractivity contribution in [2.45, 2.75) is 40.0 Å². The molecule has 0 aliphatic carbocycles. The molecule has 2 heterocycles. The van der Waals surface area contributed by atoms with E-state index in [1.54, 1.807) is 22.7 Å². The van der Waals surface area contributed by atoms with Gasteiger partial charge >= 0.3 is 0 Å². The molecule has 0 bridgehead atoms. The maximum atomic E-state index is 4.69. The van der Waals surface area contributed by atoms with Gasteiger partial charge in [0.15, 0.2) is 5.01 Å². The number of nitrogens with one attached hydrogen (secondary N) is 1. The van der Waals surface area contributed by atoms with Gasteiger partial charge in [-0.2, -0.15) is 0 Å². The van der Waals surface area contributed by atoms with Crippen molar-refractivity contribution in [3.8, 4) is 9.88 Å². The van der Waals surface area contributed by atoms with Crippen LogP contribution >= 0.6 is 22.7 Å². The predicted molar refractivity (Wildman–Crippen MR) is 78.6 cm³/mol. The fraction of sp³-hybridized carbons (Fsp3) is 0.583. The minimum atomic E-state index is 0.874.